The minimum atomic E-state index is -0.386. The van der Waals surface area contributed by atoms with Crippen LogP contribution in [-0.4, -0.2) is 23.9 Å². The molecule has 0 saturated carbocycles. The Kier molecular flexibility index (Phi) is 31.5. The number of carbonyl (C=O) groups is 4. The van der Waals surface area contributed by atoms with E-state index in [1.807, 2.05) is 36.4 Å². The highest BCUT2D eigenvalue weighted by Gasteiger charge is 2.29. The molecule has 0 aliphatic rings. The van der Waals surface area contributed by atoms with Gasteiger partial charge in [-0.3, -0.25) is 19.2 Å². The molecule has 0 unspecified atom stereocenters. The Hall–Kier alpha value is -4.20. The average Bonchev–Trinajstić information content (AvgIpc) is 3.38. The van der Waals surface area contributed by atoms with Crippen molar-refractivity contribution < 1.29 is 38.1 Å². The molecule has 8 nitrogen and oxygen atoms in total. The third kappa shape index (κ3) is 22.1. The lowest BCUT2D eigenvalue weighted by Crippen LogP contribution is -2.14. The van der Waals surface area contributed by atoms with Gasteiger partial charge in [-0.2, -0.15) is 0 Å². The van der Waals surface area contributed by atoms with E-state index >= 15 is 0 Å². The van der Waals surface area contributed by atoms with Crippen molar-refractivity contribution >= 4 is 56.2 Å². The number of hydrogen-bond acceptors (Lipinski definition) is 8. The van der Waals surface area contributed by atoms with Crippen LogP contribution in [0.2, 0.25) is 0 Å². The largest absolute Gasteiger partial charge is 0.422 e. The van der Waals surface area contributed by atoms with E-state index in [1.165, 1.54) is 128 Å². The molecular formula is C64H98O8. The van der Waals surface area contributed by atoms with Crippen molar-refractivity contribution in [2.24, 2.45) is 0 Å². The summed E-state index contributed by atoms with van der Waals surface area (Å²) in [5.41, 5.74) is 0. The van der Waals surface area contributed by atoms with Crippen LogP contribution < -0.4 is 18.9 Å². The second kappa shape index (κ2) is 37.5. The predicted molar refractivity (Wildman–Crippen MR) is 300 cm³/mol. The lowest BCUT2D eigenvalue weighted by atomic mass is 9.91. The molecule has 0 spiro atoms. The van der Waals surface area contributed by atoms with Gasteiger partial charge in [0.2, 0.25) is 0 Å². The summed E-state index contributed by atoms with van der Waals surface area (Å²) in [6.07, 6.45) is 41.6. The Bertz CT molecular complexity index is 1830. The van der Waals surface area contributed by atoms with E-state index < -0.39 is 0 Å². The van der Waals surface area contributed by atoms with Crippen LogP contribution in [0.5, 0.6) is 23.0 Å². The number of ether oxygens (including phenoxy) is 4. The Morgan fingerprint density at radius 3 is 0.611 bits per heavy atom. The van der Waals surface area contributed by atoms with Gasteiger partial charge < -0.3 is 18.9 Å². The van der Waals surface area contributed by atoms with Gasteiger partial charge in [0.15, 0.2) is 23.0 Å². The molecule has 0 aliphatic heterocycles. The van der Waals surface area contributed by atoms with Crippen LogP contribution in [0.3, 0.4) is 0 Å². The maximum absolute atomic E-state index is 13.9. The minimum absolute atomic E-state index is 0.184. The topological polar surface area (TPSA) is 105 Å². The molecular weight excluding hydrogens is 897 g/mol. The van der Waals surface area contributed by atoms with Crippen LogP contribution in [0.1, 0.15) is 285 Å². The Balaban J connectivity index is 1.65. The van der Waals surface area contributed by atoms with Crippen LogP contribution >= 0.6 is 0 Å². The predicted octanol–water partition coefficient (Wildman–Crippen LogP) is 19.9. The van der Waals surface area contributed by atoms with E-state index in [1.54, 1.807) is 0 Å². The molecule has 0 saturated heterocycles. The lowest BCUT2D eigenvalue weighted by Gasteiger charge is -2.22. The Morgan fingerprint density at radius 2 is 0.431 bits per heavy atom. The molecule has 0 radical (unpaired) electrons. The number of carbonyl (C=O) groups excluding carboxylic acids is 4. The van der Waals surface area contributed by atoms with E-state index in [0.717, 1.165) is 77.0 Å². The fourth-order valence-corrected chi connectivity index (χ4v) is 10.3. The number of rotatable bonds is 44. The van der Waals surface area contributed by atoms with E-state index in [0.29, 0.717) is 58.0 Å². The smallest absolute Gasteiger partial charge is 0.311 e. The van der Waals surface area contributed by atoms with Crippen molar-refractivity contribution in [3.63, 3.8) is 0 Å². The molecule has 4 aromatic rings. The second-order valence-electron chi connectivity index (χ2n) is 21.0. The molecule has 4 aromatic carbocycles. The van der Waals surface area contributed by atoms with Crippen LogP contribution in [0.25, 0.3) is 32.3 Å². The first-order valence-corrected chi connectivity index (χ1v) is 29.9. The van der Waals surface area contributed by atoms with Gasteiger partial charge in [-0.05, 0) is 25.7 Å². The van der Waals surface area contributed by atoms with Gasteiger partial charge in [0.1, 0.15) is 0 Å². The normalized spacial score (nSPS) is 11.6. The summed E-state index contributed by atoms with van der Waals surface area (Å²) in [6.45, 7) is 8.93. The van der Waals surface area contributed by atoms with E-state index in [9.17, 15) is 19.2 Å². The van der Waals surface area contributed by atoms with Gasteiger partial charge in [-0.15, -0.1) is 0 Å². The molecule has 0 fully saturated rings. The van der Waals surface area contributed by atoms with Crippen molar-refractivity contribution in [2.45, 2.75) is 285 Å². The molecule has 0 aliphatic carbocycles. The maximum Gasteiger partial charge on any atom is 0.311 e. The maximum atomic E-state index is 13.9. The highest BCUT2D eigenvalue weighted by atomic mass is 16.6. The first-order chi connectivity index (χ1) is 35.3. The lowest BCUT2D eigenvalue weighted by molar-refractivity contribution is -0.137. The summed E-state index contributed by atoms with van der Waals surface area (Å²) in [4.78, 5) is 55.5. The van der Waals surface area contributed by atoms with E-state index in [4.69, 9.17) is 18.9 Å². The van der Waals surface area contributed by atoms with Crippen LogP contribution in [-0.2, 0) is 19.2 Å². The number of esters is 4. The molecule has 0 atom stereocenters. The molecule has 0 heterocycles. The molecule has 0 aromatic heterocycles. The van der Waals surface area contributed by atoms with Gasteiger partial charge >= 0.3 is 23.9 Å². The number of benzene rings is 4. The summed E-state index contributed by atoms with van der Waals surface area (Å²) in [5, 5.41) is 3.63. The van der Waals surface area contributed by atoms with Gasteiger partial charge in [-0.1, -0.05) is 270 Å². The van der Waals surface area contributed by atoms with Crippen molar-refractivity contribution in [3.8, 4) is 23.0 Å². The molecule has 4 rings (SSSR count). The Labute approximate surface area is 436 Å². The van der Waals surface area contributed by atoms with Crippen LogP contribution in [0, 0.1) is 0 Å². The third-order valence-electron chi connectivity index (χ3n) is 14.6. The molecule has 0 bridgehead atoms. The van der Waals surface area contributed by atoms with E-state index in [-0.39, 0.29) is 72.6 Å². The minimum Gasteiger partial charge on any atom is -0.422 e. The quantitative estimate of drug-likeness (QED) is 0.0187. The molecule has 0 N–H and O–H groups in total. The molecule has 8 heteroatoms. The Morgan fingerprint density at radius 1 is 0.264 bits per heavy atom. The number of hydrogen-bond donors (Lipinski definition) is 0. The van der Waals surface area contributed by atoms with Gasteiger partial charge in [-0.25, -0.2) is 0 Å². The zero-order chi connectivity index (χ0) is 51.4. The zero-order valence-electron chi connectivity index (χ0n) is 46.0. The van der Waals surface area contributed by atoms with Gasteiger partial charge in [0.25, 0.3) is 0 Å². The van der Waals surface area contributed by atoms with Crippen LogP contribution in [0.15, 0.2) is 36.4 Å². The fourth-order valence-electron chi connectivity index (χ4n) is 10.3. The molecule has 402 valence electrons. The summed E-state index contributed by atoms with van der Waals surface area (Å²) in [7, 11) is 0. The standard InChI is InChI=1S/C64H98O8/c1-5-9-13-17-21-25-29-33-37-47-55(65)69-61-51-43-41-45-53-59(51)60-52(62(61)70-56(66)48-38-34-30-26-22-18-14-10-6-2)44-42-46-54(60)64(72-58(68)50-40-36-32-28-24-20-16-12-8-4)63(53)71-57(67)49-39-35-31-27-23-19-15-11-7-3/h41-46H,5-40,47-50H2,1-4H3. The highest BCUT2D eigenvalue weighted by molar-refractivity contribution is 6.30. The van der Waals surface area contributed by atoms with Crippen molar-refractivity contribution in [1.29, 1.82) is 0 Å². The van der Waals surface area contributed by atoms with Crippen molar-refractivity contribution in [1.82, 2.24) is 0 Å². The first-order valence-electron chi connectivity index (χ1n) is 29.9. The third-order valence-corrected chi connectivity index (χ3v) is 14.6. The zero-order valence-corrected chi connectivity index (χ0v) is 46.0. The molecule has 72 heavy (non-hydrogen) atoms. The van der Waals surface area contributed by atoms with Crippen LogP contribution in [0.4, 0.5) is 0 Å². The summed E-state index contributed by atoms with van der Waals surface area (Å²) in [5.74, 6) is -0.808. The average molecular weight is 995 g/mol. The fraction of sp³-hybridized carbons (Fsp3) is 0.688. The molecule has 0 amide bonds. The van der Waals surface area contributed by atoms with Crippen molar-refractivity contribution in [3.05, 3.63) is 36.4 Å². The van der Waals surface area contributed by atoms with Gasteiger partial charge in [0.05, 0.1) is 0 Å². The van der Waals surface area contributed by atoms with E-state index in [2.05, 4.69) is 27.7 Å². The van der Waals surface area contributed by atoms with Gasteiger partial charge in [0, 0.05) is 58.0 Å². The summed E-state index contributed by atoms with van der Waals surface area (Å²) in [6, 6.07) is 11.2. The second-order valence-corrected chi connectivity index (χ2v) is 21.0. The summed E-state index contributed by atoms with van der Waals surface area (Å²) >= 11 is 0. The van der Waals surface area contributed by atoms with Crippen molar-refractivity contribution in [2.75, 3.05) is 0 Å². The monoisotopic (exact) mass is 995 g/mol. The number of unbranched alkanes of at least 4 members (excludes halogenated alkanes) is 32. The highest BCUT2D eigenvalue weighted by Crippen LogP contribution is 2.53. The first kappa shape index (κ1) is 60.4. The summed E-state index contributed by atoms with van der Waals surface area (Å²) < 4.78 is 25.4. The SMILES string of the molecule is CCCCCCCCCCCC(=O)Oc1c(OC(=O)CCCCCCCCCCC)c2cccc3c(OC(=O)CCCCCCCCCCC)c(OC(=O)CCCCCCCCCCC)c4cccc1c4c23.